The van der Waals surface area contributed by atoms with Gasteiger partial charge in [-0.15, -0.1) is 11.6 Å². The highest BCUT2D eigenvalue weighted by molar-refractivity contribution is 6.31. The molecule has 2 unspecified atom stereocenters. The van der Waals surface area contributed by atoms with Gasteiger partial charge in [-0.1, -0.05) is 0 Å². The molecule has 0 radical (unpaired) electrons. The van der Waals surface area contributed by atoms with Crippen LogP contribution in [0.15, 0.2) is 0 Å². The molecule has 0 aromatic heterocycles. The number of halogens is 1. The van der Waals surface area contributed by atoms with Gasteiger partial charge in [-0.3, -0.25) is 4.79 Å². The summed E-state index contributed by atoms with van der Waals surface area (Å²) in [6, 6.07) is 0. The minimum Gasteiger partial charge on any atom is -0.380 e. The van der Waals surface area contributed by atoms with Crippen LogP contribution in [0.4, 0.5) is 0 Å². The minimum absolute atomic E-state index is 0.0500. The van der Waals surface area contributed by atoms with Crippen LogP contribution in [0.25, 0.3) is 0 Å². The van der Waals surface area contributed by atoms with E-state index in [2.05, 4.69) is 0 Å². The fraction of sp³-hybridized carbons (Fsp3) is 0.833. The van der Waals surface area contributed by atoms with E-state index >= 15 is 0 Å². The molecule has 0 bridgehead atoms. The summed E-state index contributed by atoms with van der Waals surface area (Å²) in [5.41, 5.74) is 0. The molecule has 0 amide bonds. The molecule has 0 aromatic carbocycles. The maximum atomic E-state index is 10.5. The van der Waals surface area contributed by atoms with Crippen LogP contribution in [0.3, 0.4) is 0 Å². The topological polar surface area (TPSA) is 26.3 Å². The number of rotatable bonds is 3. The second-order valence-electron chi connectivity index (χ2n) is 1.95. The number of carbonyl (C=O) groups is 1. The first-order valence-corrected chi connectivity index (χ1v) is 3.20. The molecule has 0 fully saturated rings. The zero-order valence-corrected chi connectivity index (χ0v) is 6.61. The first-order chi connectivity index (χ1) is 4.09. The highest BCUT2D eigenvalue weighted by Crippen LogP contribution is 2.05. The molecule has 2 atom stereocenters. The summed E-state index contributed by atoms with van der Waals surface area (Å²) in [5.74, 6) is -0.0500. The molecule has 0 saturated carbocycles. The van der Waals surface area contributed by atoms with E-state index in [4.69, 9.17) is 16.3 Å². The van der Waals surface area contributed by atoms with Crippen LogP contribution >= 0.6 is 11.6 Å². The Morgan fingerprint density at radius 3 is 2.22 bits per heavy atom. The molecule has 0 spiro atoms. The van der Waals surface area contributed by atoms with Crippen molar-refractivity contribution >= 4 is 17.4 Å². The Bertz CT molecular complexity index is 103. The van der Waals surface area contributed by atoms with E-state index in [1.165, 1.54) is 14.0 Å². The number of hydrogen-bond donors (Lipinski definition) is 0. The quantitative estimate of drug-likeness (QED) is 0.566. The number of ether oxygens (including phenoxy) is 1. The van der Waals surface area contributed by atoms with E-state index in [0.29, 0.717) is 0 Å². The number of carbonyl (C=O) groups excluding carboxylic acids is 1. The highest BCUT2D eigenvalue weighted by Gasteiger charge is 2.17. The lowest BCUT2D eigenvalue weighted by atomic mass is 10.2. The number of methoxy groups -OCH3 is 1. The predicted molar refractivity (Wildman–Crippen MR) is 36.8 cm³/mol. The van der Waals surface area contributed by atoms with Crippen molar-refractivity contribution in [1.82, 2.24) is 0 Å². The van der Waals surface area contributed by atoms with Gasteiger partial charge in [0.05, 0.1) is 6.10 Å². The van der Waals surface area contributed by atoms with Gasteiger partial charge in [0.25, 0.3) is 0 Å². The Hall–Kier alpha value is -0.0800. The fourth-order valence-corrected chi connectivity index (χ4v) is 0.553. The van der Waals surface area contributed by atoms with E-state index in [1.807, 2.05) is 0 Å². The van der Waals surface area contributed by atoms with Crippen LogP contribution in [-0.2, 0) is 9.53 Å². The minimum atomic E-state index is -0.505. The van der Waals surface area contributed by atoms with E-state index in [9.17, 15) is 4.79 Å². The molecule has 54 valence electrons. The molecular formula is C6H11ClO2. The third-order valence-corrected chi connectivity index (χ3v) is 1.83. The number of ketones is 1. The van der Waals surface area contributed by atoms with Crippen molar-refractivity contribution in [2.24, 2.45) is 0 Å². The SMILES string of the molecule is COC(C)C(Cl)C(C)=O. The first-order valence-electron chi connectivity index (χ1n) is 2.77. The van der Waals surface area contributed by atoms with Gasteiger partial charge in [-0.2, -0.15) is 0 Å². The zero-order valence-electron chi connectivity index (χ0n) is 5.85. The summed E-state index contributed by atoms with van der Waals surface area (Å²) < 4.78 is 4.82. The van der Waals surface area contributed by atoms with E-state index in [0.717, 1.165) is 0 Å². The number of alkyl halides is 1. The van der Waals surface area contributed by atoms with Crippen molar-refractivity contribution in [1.29, 1.82) is 0 Å². The summed E-state index contributed by atoms with van der Waals surface area (Å²) in [7, 11) is 1.53. The molecule has 0 aliphatic heterocycles. The fourth-order valence-electron chi connectivity index (χ4n) is 0.450. The van der Waals surface area contributed by atoms with Crippen LogP contribution in [0.1, 0.15) is 13.8 Å². The Balaban J connectivity index is 3.72. The van der Waals surface area contributed by atoms with Crippen LogP contribution in [0.2, 0.25) is 0 Å². The lowest BCUT2D eigenvalue weighted by molar-refractivity contribution is -0.118. The van der Waals surface area contributed by atoms with Crippen molar-refractivity contribution in [3.8, 4) is 0 Å². The summed E-state index contributed by atoms with van der Waals surface area (Å²) >= 11 is 5.59. The van der Waals surface area contributed by atoms with Crippen LogP contribution in [0.5, 0.6) is 0 Å². The monoisotopic (exact) mass is 150 g/mol. The van der Waals surface area contributed by atoms with Gasteiger partial charge in [0.2, 0.25) is 0 Å². The maximum absolute atomic E-state index is 10.5. The Labute approximate surface area is 60.1 Å². The first kappa shape index (κ1) is 8.92. The van der Waals surface area contributed by atoms with Crippen LogP contribution < -0.4 is 0 Å². The van der Waals surface area contributed by atoms with Crippen molar-refractivity contribution in [2.45, 2.75) is 25.3 Å². The van der Waals surface area contributed by atoms with E-state index in [1.54, 1.807) is 6.92 Å². The largest absolute Gasteiger partial charge is 0.380 e. The van der Waals surface area contributed by atoms with Gasteiger partial charge >= 0.3 is 0 Å². The molecule has 9 heavy (non-hydrogen) atoms. The van der Waals surface area contributed by atoms with Gasteiger partial charge in [0.1, 0.15) is 11.2 Å². The Kier molecular flexibility index (Phi) is 3.82. The molecule has 0 aliphatic carbocycles. The van der Waals surface area contributed by atoms with Crippen LogP contribution in [-0.4, -0.2) is 24.4 Å². The van der Waals surface area contributed by atoms with Gasteiger partial charge in [-0.25, -0.2) is 0 Å². The Morgan fingerprint density at radius 1 is 1.67 bits per heavy atom. The summed E-state index contributed by atoms with van der Waals surface area (Å²) in [5, 5.41) is -0.505. The smallest absolute Gasteiger partial charge is 0.150 e. The number of hydrogen-bond acceptors (Lipinski definition) is 2. The van der Waals surface area contributed by atoms with Gasteiger partial charge in [0, 0.05) is 7.11 Å². The third kappa shape index (κ3) is 2.82. The summed E-state index contributed by atoms with van der Waals surface area (Å²) in [6.45, 7) is 3.21. The van der Waals surface area contributed by atoms with Crippen molar-refractivity contribution in [2.75, 3.05) is 7.11 Å². The molecule has 0 heterocycles. The van der Waals surface area contributed by atoms with Crippen molar-refractivity contribution < 1.29 is 9.53 Å². The van der Waals surface area contributed by atoms with Crippen LogP contribution in [0, 0.1) is 0 Å². The molecular weight excluding hydrogens is 140 g/mol. The third-order valence-electron chi connectivity index (χ3n) is 1.17. The summed E-state index contributed by atoms with van der Waals surface area (Å²) in [4.78, 5) is 10.5. The molecule has 0 N–H and O–H groups in total. The highest BCUT2D eigenvalue weighted by atomic mass is 35.5. The predicted octanol–water partition coefficient (Wildman–Crippen LogP) is 1.22. The lowest BCUT2D eigenvalue weighted by Crippen LogP contribution is -2.25. The molecule has 0 rings (SSSR count). The second kappa shape index (κ2) is 3.85. The van der Waals surface area contributed by atoms with Crippen molar-refractivity contribution in [3.05, 3.63) is 0 Å². The molecule has 3 heteroatoms. The van der Waals surface area contributed by atoms with Crippen molar-refractivity contribution in [3.63, 3.8) is 0 Å². The maximum Gasteiger partial charge on any atom is 0.150 e. The average molecular weight is 151 g/mol. The average Bonchev–Trinajstić information content (AvgIpc) is 1.84. The standard InChI is InChI=1S/C6H11ClO2/c1-4(8)6(7)5(2)9-3/h5-6H,1-3H3. The normalized spacial score (nSPS) is 16.9. The Morgan fingerprint density at radius 2 is 2.11 bits per heavy atom. The van der Waals surface area contributed by atoms with E-state index < -0.39 is 5.38 Å². The van der Waals surface area contributed by atoms with Gasteiger partial charge in [0.15, 0.2) is 0 Å². The molecule has 2 nitrogen and oxygen atoms in total. The molecule has 0 aromatic rings. The zero-order chi connectivity index (χ0) is 7.44. The number of Topliss-reactive ketones (excluding diaryl/α,β-unsaturated/α-hetero) is 1. The summed E-state index contributed by atoms with van der Waals surface area (Å²) in [6.07, 6.45) is -0.191. The second-order valence-corrected chi connectivity index (χ2v) is 2.42. The molecule has 0 saturated heterocycles. The lowest BCUT2D eigenvalue weighted by Gasteiger charge is -2.12. The van der Waals surface area contributed by atoms with Gasteiger partial charge in [-0.05, 0) is 13.8 Å². The van der Waals surface area contributed by atoms with Gasteiger partial charge < -0.3 is 4.74 Å². The molecule has 0 aliphatic rings. The van der Waals surface area contributed by atoms with E-state index in [-0.39, 0.29) is 11.9 Å².